The molecule has 0 aromatic carbocycles. The van der Waals surface area contributed by atoms with E-state index in [0.717, 1.165) is 4.90 Å². The third-order valence-corrected chi connectivity index (χ3v) is 2.70. The van der Waals surface area contributed by atoms with Gasteiger partial charge in [-0.15, -0.1) is 0 Å². The van der Waals surface area contributed by atoms with Crippen molar-refractivity contribution in [2.45, 2.75) is 6.18 Å². The fourth-order valence-electron chi connectivity index (χ4n) is 1.94. The minimum atomic E-state index is -4.45. The average Bonchev–Trinajstić information content (AvgIpc) is 2.75. The summed E-state index contributed by atoms with van der Waals surface area (Å²) in [7, 11) is 0. The molecule has 0 aliphatic carbocycles. The first-order valence-corrected chi connectivity index (χ1v) is 5.81. The van der Waals surface area contributed by atoms with Crippen LogP contribution in [0.1, 0.15) is 10.5 Å². The molecule has 0 unspecified atom stereocenters. The summed E-state index contributed by atoms with van der Waals surface area (Å²) in [5.41, 5.74) is 0.396. The number of nitrogens with zero attached hydrogens (tertiary/aromatic N) is 3. The number of hydrogen-bond acceptors (Lipinski definition) is 4. The van der Waals surface area contributed by atoms with E-state index in [4.69, 9.17) is 5.11 Å². The van der Waals surface area contributed by atoms with Crippen molar-refractivity contribution < 1.29 is 23.1 Å². The Morgan fingerprint density at radius 1 is 1.40 bits per heavy atom. The van der Waals surface area contributed by atoms with Gasteiger partial charge in [-0.05, 0) is 12.1 Å². The maximum absolute atomic E-state index is 12.6. The third kappa shape index (κ3) is 2.90. The smallest absolute Gasteiger partial charge is 0.395 e. The molecule has 0 aliphatic rings. The van der Waals surface area contributed by atoms with Crippen LogP contribution >= 0.6 is 0 Å². The SMILES string of the molecule is O=Cc1c(N(CCO)CC(F)(F)F)nc2ccccn12. The lowest BCUT2D eigenvalue weighted by Gasteiger charge is -2.23. The third-order valence-electron chi connectivity index (χ3n) is 2.70. The summed E-state index contributed by atoms with van der Waals surface area (Å²) in [6, 6.07) is 4.90. The van der Waals surface area contributed by atoms with E-state index in [9.17, 15) is 18.0 Å². The topological polar surface area (TPSA) is 57.8 Å². The van der Waals surface area contributed by atoms with Crippen molar-refractivity contribution in [2.24, 2.45) is 0 Å². The van der Waals surface area contributed by atoms with Crippen molar-refractivity contribution in [3.8, 4) is 0 Å². The number of hydrogen-bond donors (Lipinski definition) is 1. The Morgan fingerprint density at radius 2 is 2.15 bits per heavy atom. The number of pyridine rings is 1. The van der Waals surface area contributed by atoms with Crippen molar-refractivity contribution in [1.29, 1.82) is 0 Å². The van der Waals surface area contributed by atoms with Gasteiger partial charge in [-0.2, -0.15) is 13.2 Å². The molecule has 0 fully saturated rings. The Kier molecular flexibility index (Phi) is 3.93. The Morgan fingerprint density at radius 3 is 2.75 bits per heavy atom. The number of aliphatic hydroxyl groups excluding tert-OH is 1. The number of aromatic nitrogens is 2. The van der Waals surface area contributed by atoms with E-state index in [1.54, 1.807) is 24.4 Å². The van der Waals surface area contributed by atoms with Gasteiger partial charge in [-0.1, -0.05) is 6.07 Å². The van der Waals surface area contributed by atoms with E-state index < -0.39 is 19.3 Å². The summed E-state index contributed by atoms with van der Waals surface area (Å²) in [5, 5.41) is 8.90. The molecule has 108 valence electrons. The number of rotatable bonds is 5. The van der Waals surface area contributed by atoms with Crippen molar-refractivity contribution in [2.75, 3.05) is 24.6 Å². The van der Waals surface area contributed by atoms with Crippen LogP contribution in [0.5, 0.6) is 0 Å². The maximum Gasteiger partial charge on any atom is 0.405 e. The number of aliphatic hydroxyl groups is 1. The van der Waals surface area contributed by atoms with Crippen molar-refractivity contribution >= 4 is 17.8 Å². The number of halogens is 3. The van der Waals surface area contributed by atoms with Crippen LogP contribution in [0.4, 0.5) is 19.0 Å². The van der Waals surface area contributed by atoms with Crippen LogP contribution in [0.15, 0.2) is 24.4 Å². The molecule has 0 amide bonds. The fourth-order valence-corrected chi connectivity index (χ4v) is 1.94. The van der Waals surface area contributed by atoms with Crippen LogP contribution in [0.3, 0.4) is 0 Å². The minimum Gasteiger partial charge on any atom is -0.395 e. The molecular weight excluding hydrogens is 275 g/mol. The number of anilines is 1. The summed E-state index contributed by atoms with van der Waals surface area (Å²) in [5.74, 6) is -0.0856. The highest BCUT2D eigenvalue weighted by atomic mass is 19.4. The van der Waals surface area contributed by atoms with Gasteiger partial charge in [0.2, 0.25) is 0 Å². The lowest BCUT2D eigenvalue weighted by molar-refractivity contribution is -0.120. The second kappa shape index (κ2) is 5.49. The molecule has 0 aliphatic heterocycles. The van der Waals surface area contributed by atoms with E-state index >= 15 is 0 Å². The van der Waals surface area contributed by atoms with E-state index in [0.29, 0.717) is 11.9 Å². The molecule has 0 radical (unpaired) electrons. The normalized spacial score (nSPS) is 11.8. The van der Waals surface area contributed by atoms with Gasteiger partial charge in [-0.3, -0.25) is 9.20 Å². The zero-order valence-electron chi connectivity index (χ0n) is 10.3. The Labute approximate surface area is 112 Å². The van der Waals surface area contributed by atoms with Gasteiger partial charge in [0, 0.05) is 12.7 Å². The van der Waals surface area contributed by atoms with Gasteiger partial charge >= 0.3 is 6.18 Å². The predicted octanol–water partition coefficient (Wildman–Crippen LogP) is 1.51. The van der Waals surface area contributed by atoms with Gasteiger partial charge in [-0.25, -0.2) is 4.98 Å². The predicted molar refractivity (Wildman–Crippen MR) is 65.9 cm³/mol. The van der Waals surface area contributed by atoms with E-state index in [1.165, 1.54) is 4.40 Å². The number of carbonyl (C=O) groups is 1. The number of fused-ring (bicyclic) bond motifs is 1. The highest BCUT2D eigenvalue weighted by Gasteiger charge is 2.32. The lowest BCUT2D eigenvalue weighted by atomic mass is 10.3. The molecule has 0 bridgehead atoms. The van der Waals surface area contributed by atoms with Gasteiger partial charge in [0.25, 0.3) is 0 Å². The fraction of sp³-hybridized carbons (Fsp3) is 0.333. The molecule has 0 spiro atoms. The molecule has 5 nitrogen and oxygen atoms in total. The summed E-state index contributed by atoms with van der Waals surface area (Å²) in [4.78, 5) is 16.0. The lowest BCUT2D eigenvalue weighted by Crippen LogP contribution is -2.37. The Bertz CT molecular complexity index is 610. The van der Waals surface area contributed by atoms with Crippen LogP contribution in [0.2, 0.25) is 0 Å². The molecule has 2 aromatic heterocycles. The highest BCUT2D eigenvalue weighted by molar-refractivity contribution is 5.83. The molecule has 2 rings (SSSR count). The van der Waals surface area contributed by atoms with E-state index in [-0.39, 0.29) is 18.1 Å². The molecule has 8 heteroatoms. The van der Waals surface area contributed by atoms with Crippen molar-refractivity contribution in [3.05, 3.63) is 30.1 Å². The van der Waals surface area contributed by atoms with Crippen LogP contribution in [-0.4, -0.2) is 46.7 Å². The van der Waals surface area contributed by atoms with Crippen molar-refractivity contribution in [1.82, 2.24) is 9.38 Å². The number of imidazole rings is 1. The molecule has 0 saturated carbocycles. The quantitative estimate of drug-likeness (QED) is 0.847. The summed E-state index contributed by atoms with van der Waals surface area (Å²) >= 11 is 0. The van der Waals surface area contributed by atoms with Crippen LogP contribution in [-0.2, 0) is 0 Å². The Balaban J connectivity index is 2.49. The molecule has 1 N–H and O–H groups in total. The molecular formula is C12H12F3N3O2. The van der Waals surface area contributed by atoms with Crippen molar-refractivity contribution in [3.63, 3.8) is 0 Å². The zero-order valence-corrected chi connectivity index (χ0v) is 10.3. The first kappa shape index (κ1) is 14.3. The van der Waals surface area contributed by atoms with E-state index in [1.807, 2.05) is 0 Å². The number of alkyl halides is 3. The number of carbonyl (C=O) groups excluding carboxylic acids is 1. The number of aldehydes is 1. The highest BCUT2D eigenvalue weighted by Crippen LogP contribution is 2.24. The largest absolute Gasteiger partial charge is 0.405 e. The first-order valence-electron chi connectivity index (χ1n) is 5.81. The van der Waals surface area contributed by atoms with Gasteiger partial charge in [0.05, 0.1) is 6.61 Å². The second-order valence-corrected chi connectivity index (χ2v) is 4.13. The monoisotopic (exact) mass is 287 g/mol. The first-order chi connectivity index (χ1) is 9.46. The molecule has 0 atom stereocenters. The van der Waals surface area contributed by atoms with Gasteiger partial charge < -0.3 is 10.0 Å². The van der Waals surface area contributed by atoms with Crippen LogP contribution in [0.25, 0.3) is 5.65 Å². The van der Waals surface area contributed by atoms with Crippen LogP contribution < -0.4 is 4.90 Å². The van der Waals surface area contributed by atoms with Gasteiger partial charge in [0.15, 0.2) is 12.1 Å². The Hall–Kier alpha value is -2.09. The summed E-state index contributed by atoms with van der Waals surface area (Å²) < 4.78 is 39.1. The minimum absolute atomic E-state index is 0.0262. The standard InChI is InChI=1S/C12H12F3N3O2/c13-12(14,15)8-17(5-6-19)11-9(7-20)18-4-2-1-3-10(18)16-11/h1-4,7,19H,5-6,8H2. The summed E-state index contributed by atoms with van der Waals surface area (Å²) in [6.07, 6.45) is -2.46. The summed E-state index contributed by atoms with van der Waals surface area (Å²) in [6.45, 7) is -2.01. The van der Waals surface area contributed by atoms with E-state index in [2.05, 4.69) is 4.98 Å². The zero-order chi connectivity index (χ0) is 14.8. The molecule has 2 heterocycles. The second-order valence-electron chi connectivity index (χ2n) is 4.13. The maximum atomic E-state index is 12.6. The van der Waals surface area contributed by atoms with Gasteiger partial charge in [0.1, 0.15) is 17.9 Å². The average molecular weight is 287 g/mol. The molecule has 20 heavy (non-hydrogen) atoms. The molecule has 0 saturated heterocycles. The molecule has 2 aromatic rings. The van der Waals surface area contributed by atoms with Crippen LogP contribution in [0, 0.1) is 0 Å².